The smallest absolute Gasteiger partial charge is 0.160 e. The van der Waals surface area contributed by atoms with Gasteiger partial charge in [0, 0.05) is 5.41 Å². The highest BCUT2D eigenvalue weighted by Gasteiger charge is 1.79. The molecular formula is C5H6ClN3O2S. The molecule has 0 aliphatic heterocycles. The molecule has 1 aromatic heterocycles. The zero-order chi connectivity index (χ0) is 9.40. The zero-order valence-electron chi connectivity index (χ0n) is 5.92. The number of thiol groups is 1. The molecule has 0 aliphatic carbocycles. The van der Waals surface area contributed by atoms with Gasteiger partial charge in [-0.25, -0.2) is 8.42 Å². The van der Waals surface area contributed by atoms with Gasteiger partial charge in [-0.1, -0.05) is 18.2 Å². The minimum Gasteiger partial charge on any atom is -0.227 e. The quantitative estimate of drug-likeness (QED) is 0.669. The molecule has 0 spiro atoms. The Kier molecular flexibility index (Phi) is 6.12. The van der Waals surface area contributed by atoms with E-state index in [-0.39, 0.29) is 0 Å². The molecule has 5 nitrogen and oxygen atoms in total. The van der Waals surface area contributed by atoms with E-state index in [0.717, 1.165) is 5.41 Å². The van der Waals surface area contributed by atoms with Crippen molar-refractivity contribution in [2.75, 3.05) is 0 Å². The summed E-state index contributed by atoms with van der Waals surface area (Å²) in [6.07, 6.45) is 1.48. The summed E-state index contributed by atoms with van der Waals surface area (Å²) in [4.78, 5) is 0. The van der Waals surface area contributed by atoms with Gasteiger partial charge in [-0.2, -0.15) is 0 Å². The van der Waals surface area contributed by atoms with Crippen molar-refractivity contribution in [3.63, 3.8) is 0 Å². The molecule has 0 bridgehead atoms. The normalized spacial score (nSPS) is 8.50. The van der Waals surface area contributed by atoms with Crippen molar-refractivity contribution < 1.29 is 8.42 Å². The first-order chi connectivity index (χ1) is 5.66. The molecule has 0 fully saturated rings. The minimum absolute atomic E-state index is 0.370. The molecule has 0 aromatic carbocycles. The van der Waals surface area contributed by atoms with Crippen LogP contribution in [0.1, 0.15) is 0 Å². The maximum absolute atomic E-state index is 9.29. The molecule has 0 N–H and O–H groups in total. The molecule has 0 aliphatic rings. The number of halogens is 1. The first-order valence-corrected chi connectivity index (χ1v) is 4.35. The van der Waals surface area contributed by atoms with Gasteiger partial charge in [-0.15, -0.1) is 10.2 Å². The Balaban J connectivity index is 0.000000217. The second-order valence-corrected chi connectivity index (χ2v) is 2.73. The second kappa shape index (κ2) is 6.68. The summed E-state index contributed by atoms with van der Waals surface area (Å²) in [6, 6.07) is 1.56. The van der Waals surface area contributed by atoms with Gasteiger partial charge < -0.3 is 0 Å². The van der Waals surface area contributed by atoms with Crippen molar-refractivity contribution in [1.29, 1.82) is 0 Å². The lowest BCUT2D eigenvalue weighted by Crippen LogP contribution is -1.81. The van der Waals surface area contributed by atoms with Gasteiger partial charge in [0.2, 0.25) is 0 Å². The van der Waals surface area contributed by atoms with E-state index in [4.69, 9.17) is 11.6 Å². The predicted molar refractivity (Wildman–Crippen MR) is 45.3 cm³/mol. The average molecular weight is 208 g/mol. The molecule has 0 saturated heterocycles. The number of hydrogen-bond donors (Lipinski definition) is 1. The van der Waals surface area contributed by atoms with Crippen molar-refractivity contribution in [2.45, 2.75) is 0 Å². The molecule has 1 rings (SSSR count). The number of aromatic nitrogens is 3. The second-order valence-electron chi connectivity index (χ2n) is 1.41. The molecule has 66 valence electrons. The SMILES string of the molecule is C=C[SH](=O)=O.Clc1ccnnn1. The van der Waals surface area contributed by atoms with Crippen LogP contribution in [0, 0.1) is 0 Å². The molecule has 0 saturated carbocycles. The van der Waals surface area contributed by atoms with E-state index in [1.54, 1.807) is 6.07 Å². The molecule has 1 heterocycles. The summed E-state index contributed by atoms with van der Waals surface area (Å²) in [5.74, 6) is 0. The van der Waals surface area contributed by atoms with E-state index in [0.29, 0.717) is 5.15 Å². The predicted octanol–water partition coefficient (Wildman–Crippen LogP) is 0.266. The molecule has 1 aromatic rings. The van der Waals surface area contributed by atoms with Gasteiger partial charge in [-0.3, -0.25) is 0 Å². The van der Waals surface area contributed by atoms with Gasteiger partial charge >= 0.3 is 0 Å². The monoisotopic (exact) mass is 207 g/mol. The Morgan fingerprint density at radius 1 is 1.58 bits per heavy atom. The van der Waals surface area contributed by atoms with E-state index in [1.165, 1.54) is 6.20 Å². The zero-order valence-corrected chi connectivity index (χ0v) is 7.57. The third kappa shape index (κ3) is 7.10. The fraction of sp³-hybridized carbons (Fsp3) is 0. The van der Waals surface area contributed by atoms with Crippen LogP contribution in [0.15, 0.2) is 24.3 Å². The van der Waals surface area contributed by atoms with E-state index in [9.17, 15) is 8.42 Å². The van der Waals surface area contributed by atoms with E-state index >= 15 is 0 Å². The summed E-state index contributed by atoms with van der Waals surface area (Å²) >= 11 is 5.33. The minimum atomic E-state index is -2.33. The van der Waals surface area contributed by atoms with E-state index in [1.807, 2.05) is 0 Å². The molecular weight excluding hydrogens is 202 g/mol. The van der Waals surface area contributed by atoms with Crippen LogP contribution in [0.3, 0.4) is 0 Å². The lowest BCUT2D eigenvalue weighted by molar-refractivity contribution is 0.622. The summed E-state index contributed by atoms with van der Waals surface area (Å²) in [7, 11) is -2.33. The van der Waals surface area contributed by atoms with Crippen molar-refractivity contribution in [2.24, 2.45) is 0 Å². The maximum atomic E-state index is 9.29. The highest BCUT2D eigenvalue weighted by Crippen LogP contribution is 1.94. The molecule has 0 radical (unpaired) electrons. The van der Waals surface area contributed by atoms with Crippen molar-refractivity contribution in [1.82, 2.24) is 15.4 Å². The Morgan fingerprint density at radius 2 is 2.17 bits per heavy atom. The Morgan fingerprint density at radius 3 is 2.33 bits per heavy atom. The lowest BCUT2D eigenvalue weighted by Gasteiger charge is -1.76. The van der Waals surface area contributed by atoms with Crippen LogP contribution in [-0.2, 0) is 10.7 Å². The maximum Gasteiger partial charge on any atom is 0.160 e. The average Bonchev–Trinajstić information content (AvgIpc) is 2.07. The lowest BCUT2D eigenvalue weighted by atomic mass is 10.7. The van der Waals surface area contributed by atoms with Gasteiger partial charge in [0.1, 0.15) is 0 Å². The number of rotatable bonds is 1. The first kappa shape index (κ1) is 11.0. The van der Waals surface area contributed by atoms with Gasteiger partial charge in [-0.05, 0) is 11.3 Å². The van der Waals surface area contributed by atoms with Crippen molar-refractivity contribution in [3.8, 4) is 0 Å². The Bertz CT molecular complexity index is 293. The summed E-state index contributed by atoms with van der Waals surface area (Å²) < 4.78 is 18.6. The van der Waals surface area contributed by atoms with Gasteiger partial charge in [0.25, 0.3) is 0 Å². The summed E-state index contributed by atoms with van der Waals surface area (Å²) in [5, 5.41) is 11.3. The summed E-state index contributed by atoms with van der Waals surface area (Å²) in [6.45, 7) is 2.96. The first-order valence-electron chi connectivity index (χ1n) is 2.72. The van der Waals surface area contributed by atoms with Gasteiger partial charge in [0.05, 0.1) is 6.20 Å². The Labute approximate surface area is 76.0 Å². The third-order valence-corrected chi connectivity index (χ3v) is 1.12. The van der Waals surface area contributed by atoms with Crippen LogP contribution in [0.25, 0.3) is 0 Å². The molecule has 0 unspecified atom stereocenters. The number of hydrogen-bond acceptors (Lipinski definition) is 5. The van der Waals surface area contributed by atoms with E-state index in [2.05, 4.69) is 22.0 Å². The largest absolute Gasteiger partial charge is 0.227 e. The van der Waals surface area contributed by atoms with Crippen molar-refractivity contribution in [3.05, 3.63) is 29.4 Å². The van der Waals surface area contributed by atoms with Crippen LogP contribution < -0.4 is 0 Å². The van der Waals surface area contributed by atoms with Crippen LogP contribution >= 0.6 is 11.6 Å². The summed E-state index contributed by atoms with van der Waals surface area (Å²) in [5.41, 5.74) is 0. The Hall–Kier alpha value is -1.01. The van der Waals surface area contributed by atoms with Crippen LogP contribution in [0.4, 0.5) is 0 Å². The highest BCUT2D eigenvalue weighted by atomic mass is 35.5. The third-order valence-electron chi connectivity index (χ3n) is 0.620. The van der Waals surface area contributed by atoms with Crippen LogP contribution in [-0.4, -0.2) is 23.8 Å². The highest BCUT2D eigenvalue weighted by molar-refractivity contribution is 7.75. The molecule has 0 amide bonds. The van der Waals surface area contributed by atoms with Crippen LogP contribution in [0.5, 0.6) is 0 Å². The fourth-order valence-corrected chi connectivity index (χ4v) is 0.317. The fourth-order valence-electron chi connectivity index (χ4n) is 0.227. The van der Waals surface area contributed by atoms with Crippen LogP contribution in [0.2, 0.25) is 5.15 Å². The number of nitrogens with zero attached hydrogens (tertiary/aromatic N) is 3. The molecule has 7 heteroatoms. The topological polar surface area (TPSA) is 72.8 Å². The van der Waals surface area contributed by atoms with E-state index < -0.39 is 10.7 Å². The van der Waals surface area contributed by atoms with Crippen molar-refractivity contribution >= 4 is 22.3 Å². The molecule has 0 atom stereocenters. The molecule has 12 heavy (non-hydrogen) atoms. The standard InChI is InChI=1S/C3H2ClN3.C2H4O2S/c4-3-1-2-5-7-6-3;1-2-5(3)4/h1-2H;2,5H,1H2. The van der Waals surface area contributed by atoms with Gasteiger partial charge in [0.15, 0.2) is 15.9 Å².